The van der Waals surface area contributed by atoms with Gasteiger partial charge in [0.2, 0.25) is 0 Å². The number of aromatic nitrogens is 1. The molecule has 0 aliphatic carbocycles. The lowest BCUT2D eigenvalue weighted by Gasteiger charge is -2.17. The van der Waals surface area contributed by atoms with Crippen LogP contribution in [0.4, 0.5) is 0 Å². The maximum absolute atomic E-state index is 10.9. The lowest BCUT2D eigenvalue weighted by molar-refractivity contribution is -0.121. The Kier molecular flexibility index (Phi) is 18.8. The van der Waals surface area contributed by atoms with Crippen LogP contribution in [0.3, 0.4) is 0 Å². The number of rotatable bonds is 12. The summed E-state index contributed by atoms with van der Waals surface area (Å²) in [5.41, 5.74) is 4.53. The van der Waals surface area contributed by atoms with Gasteiger partial charge in [0, 0.05) is 29.9 Å². The lowest BCUT2D eigenvalue weighted by Crippen LogP contribution is -2.14. The van der Waals surface area contributed by atoms with Crippen LogP contribution in [0.1, 0.15) is 110 Å². The average Bonchev–Trinajstić information content (AvgIpc) is 2.85. The summed E-state index contributed by atoms with van der Waals surface area (Å²) in [4.78, 5) is 14.8. The molecule has 0 spiro atoms. The zero-order valence-corrected chi connectivity index (χ0v) is 23.0. The van der Waals surface area contributed by atoms with E-state index in [1.807, 2.05) is 24.5 Å². The lowest BCUT2D eigenvalue weighted by atomic mass is 9.89. The Labute approximate surface area is 210 Å². The van der Waals surface area contributed by atoms with Crippen molar-refractivity contribution >= 4 is 11.5 Å². The molecule has 1 heterocycles. The molecule has 0 aliphatic heterocycles. The Morgan fingerprint density at radius 1 is 0.765 bits per heavy atom. The van der Waals surface area contributed by atoms with Gasteiger partial charge < -0.3 is 5.41 Å². The van der Waals surface area contributed by atoms with Crippen molar-refractivity contribution in [2.24, 2.45) is 11.8 Å². The van der Waals surface area contributed by atoms with Crippen LogP contribution >= 0.6 is 0 Å². The highest BCUT2D eigenvalue weighted by molar-refractivity contribution is 5.99. The molecule has 3 heteroatoms. The van der Waals surface area contributed by atoms with E-state index in [0.717, 1.165) is 56.2 Å². The van der Waals surface area contributed by atoms with Crippen molar-refractivity contribution in [3.63, 3.8) is 0 Å². The first-order chi connectivity index (χ1) is 16.3. The van der Waals surface area contributed by atoms with Gasteiger partial charge in [-0.15, -0.1) is 0 Å². The molecule has 0 aliphatic rings. The molecule has 34 heavy (non-hydrogen) atoms. The molecule has 0 saturated carbocycles. The number of benzene rings is 1. The maximum atomic E-state index is 10.9. The number of pyridine rings is 1. The summed E-state index contributed by atoms with van der Waals surface area (Å²) in [6.07, 6.45) is 13.7. The van der Waals surface area contributed by atoms with E-state index < -0.39 is 0 Å². The van der Waals surface area contributed by atoms with Gasteiger partial charge in [-0.05, 0) is 69.2 Å². The third kappa shape index (κ3) is 14.1. The number of carbonyl (C=O) groups is 1. The van der Waals surface area contributed by atoms with Gasteiger partial charge in [0.05, 0.1) is 0 Å². The topological polar surface area (TPSA) is 53.8 Å². The number of hydrogen-bond donors (Lipinski definition) is 1. The van der Waals surface area contributed by atoms with E-state index in [-0.39, 0.29) is 0 Å². The SMILES string of the molecule is CCCC(CCC)C(=N)c1ccc(C)cc1.CCCC(CCC)C(C)=O.CCc1ccncc1. The second-order valence-electron chi connectivity index (χ2n) is 9.15. The Morgan fingerprint density at radius 2 is 1.21 bits per heavy atom. The number of nitrogens with one attached hydrogen (secondary N) is 1. The number of carbonyl (C=O) groups excluding carboxylic acids is 1. The van der Waals surface area contributed by atoms with Crippen LogP contribution in [-0.2, 0) is 11.2 Å². The van der Waals surface area contributed by atoms with Gasteiger partial charge in [0.25, 0.3) is 0 Å². The van der Waals surface area contributed by atoms with Crippen molar-refractivity contribution in [1.29, 1.82) is 5.41 Å². The predicted octanol–water partition coefficient (Wildman–Crippen LogP) is 9.02. The Bertz CT molecular complexity index is 756. The third-order valence-corrected chi connectivity index (χ3v) is 6.05. The van der Waals surface area contributed by atoms with Gasteiger partial charge in [-0.3, -0.25) is 9.78 Å². The van der Waals surface area contributed by atoms with Crippen molar-refractivity contribution in [3.05, 3.63) is 65.5 Å². The quantitative estimate of drug-likeness (QED) is 0.317. The van der Waals surface area contributed by atoms with Crippen molar-refractivity contribution in [2.75, 3.05) is 0 Å². The first-order valence-corrected chi connectivity index (χ1v) is 13.4. The Balaban J connectivity index is 0.000000519. The van der Waals surface area contributed by atoms with E-state index >= 15 is 0 Å². The molecule has 2 aromatic rings. The van der Waals surface area contributed by atoms with E-state index in [1.54, 1.807) is 6.92 Å². The number of aryl methyl sites for hydroxylation is 2. The largest absolute Gasteiger partial charge is 0.304 e. The van der Waals surface area contributed by atoms with Gasteiger partial charge >= 0.3 is 0 Å². The monoisotopic (exact) mass is 466 g/mol. The first kappa shape index (κ1) is 31.7. The standard InChI is InChI=1S/C15H23N.C9H18O.C7H9N/c1-4-6-13(7-5-2)15(16)14-10-8-12(3)9-11-14;1-4-6-9(7-5-2)8(3)10;1-2-7-3-5-8-6-4-7/h8-11,13,16H,4-7H2,1-3H3;9H,4-7H2,1-3H3;3-6H,2H2,1H3. The van der Waals surface area contributed by atoms with E-state index in [4.69, 9.17) is 5.41 Å². The predicted molar refractivity (Wildman–Crippen MR) is 149 cm³/mol. The highest BCUT2D eigenvalue weighted by Crippen LogP contribution is 2.19. The van der Waals surface area contributed by atoms with Crippen LogP contribution in [0, 0.1) is 24.2 Å². The summed E-state index contributed by atoms with van der Waals surface area (Å²) in [5, 5.41) is 8.26. The molecule has 0 atom stereocenters. The maximum Gasteiger partial charge on any atom is 0.132 e. The van der Waals surface area contributed by atoms with Gasteiger partial charge in [0.1, 0.15) is 5.78 Å². The molecule has 0 bridgehead atoms. The van der Waals surface area contributed by atoms with Crippen molar-refractivity contribution in [2.45, 2.75) is 106 Å². The van der Waals surface area contributed by atoms with E-state index in [9.17, 15) is 4.79 Å². The molecule has 190 valence electrons. The fourth-order valence-electron chi connectivity index (χ4n) is 3.97. The van der Waals surface area contributed by atoms with E-state index in [0.29, 0.717) is 17.6 Å². The van der Waals surface area contributed by atoms with Crippen LogP contribution in [0.25, 0.3) is 0 Å². The van der Waals surface area contributed by atoms with Crippen LogP contribution in [0.2, 0.25) is 0 Å². The molecule has 0 fully saturated rings. The van der Waals surface area contributed by atoms with Gasteiger partial charge in [-0.25, -0.2) is 0 Å². The zero-order valence-electron chi connectivity index (χ0n) is 23.0. The summed E-state index contributed by atoms with van der Waals surface area (Å²) < 4.78 is 0. The highest BCUT2D eigenvalue weighted by Gasteiger charge is 2.14. The molecule has 0 radical (unpaired) electrons. The van der Waals surface area contributed by atoms with Crippen molar-refractivity contribution in [1.82, 2.24) is 4.98 Å². The summed E-state index contributed by atoms with van der Waals surface area (Å²) >= 11 is 0. The summed E-state index contributed by atoms with van der Waals surface area (Å²) in [6.45, 7) is 14.6. The number of ketones is 1. The summed E-state index contributed by atoms with van der Waals surface area (Å²) in [6, 6.07) is 12.4. The van der Waals surface area contributed by atoms with Crippen LogP contribution in [0.5, 0.6) is 0 Å². The molecule has 2 rings (SSSR count). The molecule has 0 amide bonds. The van der Waals surface area contributed by atoms with E-state index in [1.165, 1.54) is 24.0 Å². The highest BCUT2D eigenvalue weighted by atomic mass is 16.1. The molecular weight excluding hydrogens is 416 g/mol. The van der Waals surface area contributed by atoms with Gasteiger partial charge in [-0.2, -0.15) is 0 Å². The number of hydrogen-bond acceptors (Lipinski definition) is 3. The average molecular weight is 467 g/mol. The van der Waals surface area contributed by atoms with Crippen LogP contribution in [-0.4, -0.2) is 16.5 Å². The molecule has 1 aromatic heterocycles. The minimum Gasteiger partial charge on any atom is -0.304 e. The zero-order chi connectivity index (χ0) is 25.8. The molecule has 1 N–H and O–H groups in total. The normalized spacial score (nSPS) is 10.3. The fourth-order valence-corrected chi connectivity index (χ4v) is 3.97. The molecule has 3 nitrogen and oxygen atoms in total. The first-order valence-electron chi connectivity index (χ1n) is 13.4. The smallest absolute Gasteiger partial charge is 0.132 e. The minimum atomic E-state index is 0.343. The second kappa shape index (κ2) is 20.1. The summed E-state index contributed by atoms with van der Waals surface area (Å²) in [7, 11) is 0. The molecule has 1 aromatic carbocycles. The van der Waals surface area contributed by atoms with E-state index in [2.05, 4.69) is 70.8 Å². The number of nitrogens with zero attached hydrogens (tertiary/aromatic N) is 1. The van der Waals surface area contributed by atoms with Gasteiger partial charge in [-0.1, -0.05) is 90.1 Å². The van der Waals surface area contributed by atoms with Gasteiger partial charge in [0.15, 0.2) is 0 Å². The minimum absolute atomic E-state index is 0.343. The molecular formula is C31H50N2O. The summed E-state index contributed by atoms with van der Waals surface area (Å²) in [5.74, 6) is 1.15. The Morgan fingerprint density at radius 3 is 1.56 bits per heavy atom. The Hall–Kier alpha value is -2.29. The van der Waals surface area contributed by atoms with Crippen molar-refractivity contribution in [3.8, 4) is 0 Å². The second-order valence-corrected chi connectivity index (χ2v) is 9.15. The molecule has 0 unspecified atom stereocenters. The van der Waals surface area contributed by atoms with Crippen LogP contribution < -0.4 is 0 Å². The molecule has 0 saturated heterocycles. The fraction of sp³-hybridized carbons (Fsp3) is 0.581. The van der Waals surface area contributed by atoms with Crippen molar-refractivity contribution < 1.29 is 4.79 Å². The third-order valence-electron chi connectivity index (χ3n) is 6.05. The van der Waals surface area contributed by atoms with Crippen LogP contribution in [0.15, 0.2) is 48.8 Å². The number of Topliss-reactive ketones (excluding diaryl/α,β-unsaturated/α-hetero) is 1.